The van der Waals surface area contributed by atoms with Gasteiger partial charge in [-0.05, 0) is 31.5 Å². The van der Waals surface area contributed by atoms with Crippen LogP contribution in [0.5, 0.6) is 5.75 Å². The molecule has 1 atom stereocenters. The number of carbonyl (C=O) groups excluding carboxylic acids is 2. The summed E-state index contributed by atoms with van der Waals surface area (Å²) >= 11 is 0. The van der Waals surface area contributed by atoms with Crippen molar-refractivity contribution in [2.24, 2.45) is 0 Å². The van der Waals surface area contributed by atoms with Gasteiger partial charge in [0, 0.05) is 6.92 Å². The molecule has 126 valence electrons. The van der Waals surface area contributed by atoms with Gasteiger partial charge in [0.1, 0.15) is 5.75 Å². The Labute approximate surface area is 137 Å². The lowest BCUT2D eigenvalue weighted by Crippen LogP contribution is -3.19. The van der Waals surface area contributed by atoms with E-state index in [-0.39, 0.29) is 17.9 Å². The van der Waals surface area contributed by atoms with E-state index in [1.54, 1.807) is 14.0 Å². The van der Waals surface area contributed by atoms with Crippen molar-refractivity contribution in [2.75, 3.05) is 38.6 Å². The fraction of sp³-hybridized carbons (Fsp3) is 0.529. The third kappa shape index (κ3) is 4.22. The van der Waals surface area contributed by atoms with Crippen molar-refractivity contribution >= 4 is 17.5 Å². The topological polar surface area (TPSA) is 63.1 Å². The molecule has 0 spiro atoms. The average molecular weight is 320 g/mol. The molecule has 1 aromatic carbocycles. The van der Waals surface area contributed by atoms with E-state index in [2.05, 4.69) is 5.32 Å². The van der Waals surface area contributed by atoms with Crippen LogP contribution in [0.25, 0.3) is 0 Å². The number of rotatable bonds is 4. The van der Waals surface area contributed by atoms with E-state index in [0.717, 1.165) is 18.7 Å². The Bertz CT molecular complexity index is 580. The molecular weight excluding hydrogens is 294 g/mol. The Kier molecular flexibility index (Phi) is 5.60. The zero-order valence-electron chi connectivity index (χ0n) is 14.3. The first-order valence-corrected chi connectivity index (χ1v) is 7.98. The van der Waals surface area contributed by atoms with Crippen LogP contribution in [0, 0.1) is 6.92 Å². The highest BCUT2D eigenvalue weighted by Crippen LogP contribution is 2.25. The molecule has 6 heteroatoms. The highest BCUT2D eigenvalue weighted by atomic mass is 16.5. The third-order valence-electron chi connectivity index (χ3n) is 4.47. The van der Waals surface area contributed by atoms with Crippen molar-refractivity contribution in [1.29, 1.82) is 0 Å². The lowest BCUT2D eigenvalue weighted by Gasteiger charge is -2.34. The van der Waals surface area contributed by atoms with Gasteiger partial charge in [-0.15, -0.1) is 0 Å². The van der Waals surface area contributed by atoms with Gasteiger partial charge in [0.25, 0.3) is 5.91 Å². The van der Waals surface area contributed by atoms with Gasteiger partial charge in [0.15, 0.2) is 6.04 Å². The Morgan fingerprint density at radius 3 is 2.52 bits per heavy atom. The van der Waals surface area contributed by atoms with Crippen LogP contribution in [-0.2, 0) is 9.59 Å². The summed E-state index contributed by atoms with van der Waals surface area (Å²) in [5, 5.41) is 2.97. The van der Waals surface area contributed by atoms with Crippen LogP contribution in [-0.4, -0.2) is 56.0 Å². The van der Waals surface area contributed by atoms with E-state index in [0.29, 0.717) is 24.5 Å². The number of methoxy groups -OCH3 is 1. The van der Waals surface area contributed by atoms with Crippen LogP contribution in [0.3, 0.4) is 0 Å². The molecule has 1 saturated heterocycles. The first-order chi connectivity index (χ1) is 10.9. The second kappa shape index (κ2) is 7.46. The molecule has 0 aromatic heterocycles. The van der Waals surface area contributed by atoms with Gasteiger partial charge in [-0.3, -0.25) is 9.59 Å². The number of amides is 2. The fourth-order valence-corrected chi connectivity index (χ4v) is 2.89. The monoisotopic (exact) mass is 320 g/mol. The summed E-state index contributed by atoms with van der Waals surface area (Å²) < 4.78 is 5.30. The standard InChI is InChI=1S/C17H25N3O3/c1-12-5-6-16(23-4)15(11-12)18-17(22)13(2)19-7-9-20(10-8-19)14(3)21/h5-6,11,13H,7-10H2,1-4H3,(H,18,22)/p+1/t13-/m0/s1. The van der Waals surface area contributed by atoms with Gasteiger partial charge in [0.05, 0.1) is 39.0 Å². The van der Waals surface area contributed by atoms with Crippen LogP contribution in [0.4, 0.5) is 5.69 Å². The number of piperazine rings is 1. The molecule has 2 amide bonds. The lowest BCUT2D eigenvalue weighted by molar-refractivity contribution is -0.917. The minimum Gasteiger partial charge on any atom is -0.495 e. The number of nitrogens with one attached hydrogen (secondary N) is 2. The van der Waals surface area contributed by atoms with Gasteiger partial charge in [0.2, 0.25) is 5.91 Å². The Morgan fingerprint density at radius 2 is 1.96 bits per heavy atom. The second-order valence-electron chi connectivity index (χ2n) is 6.08. The molecule has 0 unspecified atom stereocenters. The molecule has 0 aliphatic carbocycles. The number of anilines is 1. The minimum atomic E-state index is -0.172. The number of carbonyl (C=O) groups is 2. The summed E-state index contributed by atoms with van der Waals surface area (Å²) in [6.45, 7) is 8.48. The van der Waals surface area contributed by atoms with Crippen molar-refractivity contribution < 1.29 is 19.2 Å². The first kappa shape index (κ1) is 17.3. The van der Waals surface area contributed by atoms with Crippen LogP contribution >= 0.6 is 0 Å². The maximum Gasteiger partial charge on any atom is 0.282 e. The molecule has 1 aliphatic rings. The van der Waals surface area contributed by atoms with E-state index < -0.39 is 0 Å². The largest absolute Gasteiger partial charge is 0.495 e. The van der Waals surface area contributed by atoms with Crippen LogP contribution in [0.1, 0.15) is 19.4 Å². The summed E-state index contributed by atoms with van der Waals surface area (Å²) in [7, 11) is 1.59. The third-order valence-corrected chi connectivity index (χ3v) is 4.47. The molecule has 1 aromatic rings. The maximum atomic E-state index is 12.5. The Balaban J connectivity index is 1.98. The molecule has 1 aliphatic heterocycles. The van der Waals surface area contributed by atoms with Crippen molar-refractivity contribution in [3.63, 3.8) is 0 Å². The summed E-state index contributed by atoms with van der Waals surface area (Å²) in [4.78, 5) is 26.9. The lowest BCUT2D eigenvalue weighted by atomic mass is 10.1. The van der Waals surface area contributed by atoms with Gasteiger partial charge >= 0.3 is 0 Å². The molecule has 6 nitrogen and oxygen atoms in total. The van der Waals surface area contributed by atoms with Crippen molar-refractivity contribution in [3.05, 3.63) is 23.8 Å². The van der Waals surface area contributed by atoms with E-state index >= 15 is 0 Å². The van der Waals surface area contributed by atoms with E-state index in [9.17, 15) is 9.59 Å². The van der Waals surface area contributed by atoms with Gasteiger partial charge in [-0.25, -0.2) is 0 Å². The number of hydrogen-bond acceptors (Lipinski definition) is 3. The van der Waals surface area contributed by atoms with Crippen LogP contribution < -0.4 is 15.0 Å². The number of ether oxygens (including phenoxy) is 1. The quantitative estimate of drug-likeness (QED) is 0.826. The van der Waals surface area contributed by atoms with Gasteiger partial charge < -0.3 is 19.9 Å². The summed E-state index contributed by atoms with van der Waals surface area (Å²) in [6, 6.07) is 5.54. The number of nitrogens with zero attached hydrogens (tertiary/aromatic N) is 1. The Morgan fingerprint density at radius 1 is 1.30 bits per heavy atom. The molecule has 0 saturated carbocycles. The predicted molar refractivity (Wildman–Crippen MR) is 88.8 cm³/mol. The van der Waals surface area contributed by atoms with E-state index in [1.165, 1.54) is 4.90 Å². The highest BCUT2D eigenvalue weighted by Gasteiger charge is 2.30. The second-order valence-corrected chi connectivity index (χ2v) is 6.08. The molecular formula is C17H26N3O3+. The Hall–Kier alpha value is -2.08. The van der Waals surface area contributed by atoms with Crippen molar-refractivity contribution in [2.45, 2.75) is 26.8 Å². The minimum absolute atomic E-state index is 0.0276. The zero-order chi connectivity index (χ0) is 17.0. The number of hydrogen-bond donors (Lipinski definition) is 2. The van der Waals surface area contributed by atoms with Crippen molar-refractivity contribution in [1.82, 2.24) is 4.90 Å². The number of quaternary nitrogens is 1. The zero-order valence-corrected chi connectivity index (χ0v) is 14.3. The van der Waals surface area contributed by atoms with Gasteiger partial charge in [-0.2, -0.15) is 0 Å². The number of benzene rings is 1. The average Bonchev–Trinajstić information content (AvgIpc) is 2.54. The predicted octanol–water partition coefficient (Wildman–Crippen LogP) is 0.0776. The fourth-order valence-electron chi connectivity index (χ4n) is 2.89. The summed E-state index contributed by atoms with van der Waals surface area (Å²) in [5.74, 6) is 0.735. The van der Waals surface area contributed by atoms with Gasteiger partial charge in [-0.1, -0.05) is 6.07 Å². The molecule has 0 radical (unpaired) electrons. The van der Waals surface area contributed by atoms with E-state index in [1.807, 2.05) is 36.9 Å². The SMILES string of the molecule is COc1ccc(C)cc1NC(=O)[C@H](C)[NH+]1CCN(C(C)=O)CC1. The highest BCUT2D eigenvalue weighted by molar-refractivity contribution is 5.95. The van der Waals surface area contributed by atoms with Crippen molar-refractivity contribution in [3.8, 4) is 5.75 Å². The van der Waals surface area contributed by atoms with Crippen LogP contribution in [0.2, 0.25) is 0 Å². The molecule has 0 bridgehead atoms. The molecule has 1 fully saturated rings. The normalized spacial score (nSPS) is 16.8. The van der Waals surface area contributed by atoms with Crippen LogP contribution in [0.15, 0.2) is 18.2 Å². The number of aryl methyl sites for hydroxylation is 1. The summed E-state index contributed by atoms with van der Waals surface area (Å²) in [5.41, 5.74) is 1.77. The molecule has 2 N–H and O–H groups in total. The molecule has 2 rings (SSSR count). The molecule has 1 heterocycles. The first-order valence-electron chi connectivity index (χ1n) is 7.98. The summed E-state index contributed by atoms with van der Waals surface area (Å²) in [6.07, 6.45) is 0. The molecule has 23 heavy (non-hydrogen) atoms. The smallest absolute Gasteiger partial charge is 0.282 e. The van der Waals surface area contributed by atoms with E-state index in [4.69, 9.17) is 4.74 Å². The maximum absolute atomic E-state index is 12.5.